The highest BCUT2D eigenvalue weighted by Gasteiger charge is 2.48. The Hall–Kier alpha value is -2.97. The maximum atomic E-state index is 13.1. The van der Waals surface area contributed by atoms with E-state index in [0.29, 0.717) is 49.1 Å². The van der Waals surface area contributed by atoms with Gasteiger partial charge in [-0.05, 0) is 31.9 Å². The standard InChI is InChI=1S/C25H31ClN8O4S/c1-13-19(27)25(11-38-13)5-7-33(8-6-25)22-18(21(29)35)31-23(20(28)32-22)39-15-4-3-14-16(17(15)26)24(36)34(12-30-14)9-10-37-2/h3-4,12-13,19H,5-11,27H2,1-2H3,(H2,28,32)(H2,29,35)/t13-,19+/m0/s1. The molecule has 2 atom stereocenters. The van der Waals surface area contributed by atoms with Crippen LogP contribution >= 0.6 is 23.4 Å². The van der Waals surface area contributed by atoms with Gasteiger partial charge in [-0.15, -0.1) is 0 Å². The number of rotatable bonds is 7. The van der Waals surface area contributed by atoms with Crippen LogP contribution in [-0.2, 0) is 16.0 Å². The third-order valence-corrected chi connectivity index (χ3v) is 9.21. The maximum absolute atomic E-state index is 13.1. The molecule has 12 nitrogen and oxygen atoms in total. The van der Waals surface area contributed by atoms with Crippen molar-refractivity contribution in [2.45, 2.75) is 48.4 Å². The number of halogens is 1. The Bertz CT molecular complexity index is 1480. The van der Waals surface area contributed by atoms with Gasteiger partial charge in [0.1, 0.15) is 5.03 Å². The second kappa shape index (κ2) is 10.9. The second-order valence-corrected chi connectivity index (χ2v) is 11.4. The third-order valence-electron chi connectivity index (χ3n) is 7.65. The van der Waals surface area contributed by atoms with Gasteiger partial charge in [0.2, 0.25) is 0 Å². The molecule has 0 saturated carbocycles. The zero-order valence-electron chi connectivity index (χ0n) is 21.7. The largest absolute Gasteiger partial charge is 0.383 e. The van der Waals surface area contributed by atoms with E-state index in [1.165, 1.54) is 10.9 Å². The molecule has 6 N–H and O–H groups in total. The summed E-state index contributed by atoms with van der Waals surface area (Å²) in [5, 5.41) is 0.730. The highest BCUT2D eigenvalue weighted by Crippen LogP contribution is 2.43. The van der Waals surface area contributed by atoms with Crippen molar-refractivity contribution in [2.75, 3.05) is 44.0 Å². The molecule has 5 rings (SSSR count). The van der Waals surface area contributed by atoms with Gasteiger partial charge in [-0.25, -0.2) is 15.0 Å². The molecule has 4 heterocycles. The number of benzene rings is 1. The minimum atomic E-state index is -0.719. The second-order valence-electron chi connectivity index (χ2n) is 9.95. The zero-order chi connectivity index (χ0) is 27.9. The predicted molar refractivity (Wildman–Crippen MR) is 149 cm³/mol. The summed E-state index contributed by atoms with van der Waals surface area (Å²) in [6.45, 7) is 4.53. The predicted octanol–water partition coefficient (Wildman–Crippen LogP) is 1.65. The van der Waals surface area contributed by atoms with Crippen molar-refractivity contribution in [3.63, 3.8) is 0 Å². The van der Waals surface area contributed by atoms with Crippen LogP contribution in [0, 0.1) is 5.41 Å². The summed E-state index contributed by atoms with van der Waals surface area (Å²) in [5.74, 6) is -0.256. The van der Waals surface area contributed by atoms with Crippen LogP contribution < -0.4 is 27.7 Å². The first-order valence-electron chi connectivity index (χ1n) is 12.6. The summed E-state index contributed by atoms with van der Waals surface area (Å²) in [7, 11) is 1.56. The van der Waals surface area contributed by atoms with Crippen LogP contribution in [0.4, 0.5) is 11.6 Å². The van der Waals surface area contributed by atoms with E-state index in [1.54, 1.807) is 19.2 Å². The van der Waals surface area contributed by atoms with Gasteiger partial charge in [0.25, 0.3) is 11.5 Å². The molecule has 0 aliphatic carbocycles. The van der Waals surface area contributed by atoms with Crippen LogP contribution in [0.2, 0.25) is 5.02 Å². The van der Waals surface area contributed by atoms with Gasteiger partial charge in [0.15, 0.2) is 17.3 Å². The number of carbonyl (C=O) groups is 1. The molecular formula is C25H31ClN8O4S. The lowest BCUT2D eigenvalue weighted by atomic mass is 9.73. The molecule has 0 unspecified atom stereocenters. The molecule has 0 radical (unpaired) electrons. The summed E-state index contributed by atoms with van der Waals surface area (Å²) in [6, 6.07) is 3.37. The molecule has 208 valence electrons. The lowest BCUT2D eigenvalue weighted by Crippen LogP contribution is -2.51. The Balaban J connectivity index is 1.44. The Morgan fingerprint density at radius 2 is 2.05 bits per heavy atom. The molecule has 2 aliphatic rings. The normalized spacial score (nSPS) is 20.7. The van der Waals surface area contributed by atoms with E-state index in [-0.39, 0.29) is 50.1 Å². The number of piperidine rings is 1. The number of anilines is 2. The number of carbonyl (C=O) groups excluding carboxylic acids is 1. The highest BCUT2D eigenvalue weighted by molar-refractivity contribution is 7.99. The minimum Gasteiger partial charge on any atom is -0.383 e. The van der Waals surface area contributed by atoms with Gasteiger partial charge in [0.05, 0.1) is 48.1 Å². The third kappa shape index (κ3) is 5.05. The SMILES string of the molecule is COCCn1cnc2ccc(Sc3nc(C(N)=O)c(N4CCC5(CC4)CO[C@@H](C)[C@H]5N)nc3N)c(Cl)c2c1=O. The first-order valence-corrected chi connectivity index (χ1v) is 13.8. The van der Waals surface area contributed by atoms with Crippen LogP contribution in [0.25, 0.3) is 10.9 Å². The summed E-state index contributed by atoms with van der Waals surface area (Å²) in [5.41, 5.74) is 18.6. The van der Waals surface area contributed by atoms with Gasteiger partial charge in [0, 0.05) is 36.6 Å². The van der Waals surface area contributed by atoms with Gasteiger partial charge in [-0.2, -0.15) is 0 Å². The van der Waals surface area contributed by atoms with E-state index < -0.39 is 5.91 Å². The van der Waals surface area contributed by atoms with Crippen molar-refractivity contribution >= 4 is 51.8 Å². The fraction of sp³-hybridized carbons (Fsp3) is 0.480. The first kappa shape index (κ1) is 27.6. The molecule has 3 aromatic rings. The molecule has 2 aliphatic heterocycles. The quantitative estimate of drug-likeness (QED) is 0.373. The van der Waals surface area contributed by atoms with Crippen LogP contribution in [0.5, 0.6) is 0 Å². The number of fused-ring (bicyclic) bond motifs is 1. The molecule has 1 amide bonds. The molecule has 2 aromatic heterocycles. The molecule has 14 heteroatoms. The molecule has 2 fully saturated rings. The number of nitrogen functional groups attached to an aromatic ring is 1. The van der Waals surface area contributed by atoms with E-state index in [0.717, 1.165) is 24.6 Å². The van der Waals surface area contributed by atoms with Crippen LogP contribution in [0.3, 0.4) is 0 Å². The number of aromatic nitrogens is 4. The summed E-state index contributed by atoms with van der Waals surface area (Å²) >= 11 is 7.78. The number of methoxy groups -OCH3 is 1. The topological polar surface area (TPSA) is 178 Å². The van der Waals surface area contributed by atoms with Crippen molar-refractivity contribution in [3.8, 4) is 0 Å². The smallest absolute Gasteiger partial charge is 0.271 e. The van der Waals surface area contributed by atoms with E-state index in [4.69, 9.17) is 38.3 Å². The van der Waals surface area contributed by atoms with Crippen molar-refractivity contribution < 1.29 is 14.3 Å². The van der Waals surface area contributed by atoms with E-state index in [1.807, 2.05) is 11.8 Å². The Labute approximate surface area is 234 Å². The number of hydrogen-bond donors (Lipinski definition) is 3. The summed E-state index contributed by atoms with van der Waals surface area (Å²) in [6.07, 6.45) is 3.05. The molecule has 39 heavy (non-hydrogen) atoms. The zero-order valence-corrected chi connectivity index (χ0v) is 23.3. The number of ether oxygens (including phenoxy) is 2. The Morgan fingerprint density at radius 3 is 2.69 bits per heavy atom. The van der Waals surface area contributed by atoms with Crippen molar-refractivity contribution in [1.29, 1.82) is 0 Å². The number of hydrogen-bond acceptors (Lipinski definition) is 11. The van der Waals surface area contributed by atoms with E-state index in [2.05, 4.69) is 15.0 Å². The van der Waals surface area contributed by atoms with Crippen LogP contribution in [0.1, 0.15) is 30.3 Å². The van der Waals surface area contributed by atoms with Crippen molar-refractivity contribution in [2.24, 2.45) is 16.9 Å². The Morgan fingerprint density at radius 1 is 1.31 bits per heavy atom. The lowest BCUT2D eigenvalue weighted by Gasteiger charge is -2.41. The van der Waals surface area contributed by atoms with Crippen molar-refractivity contribution in [3.05, 3.63) is 39.5 Å². The number of nitrogens with two attached hydrogens (primary N) is 3. The Kier molecular flexibility index (Phi) is 7.71. The first-order chi connectivity index (χ1) is 18.6. The number of amides is 1. The highest BCUT2D eigenvalue weighted by atomic mass is 35.5. The van der Waals surface area contributed by atoms with Gasteiger partial charge in [-0.1, -0.05) is 23.4 Å². The van der Waals surface area contributed by atoms with E-state index in [9.17, 15) is 9.59 Å². The number of nitrogens with zero attached hydrogens (tertiary/aromatic N) is 5. The molecule has 0 bridgehead atoms. The summed E-state index contributed by atoms with van der Waals surface area (Å²) in [4.78, 5) is 41.4. The average molecular weight is 575 g/mol. The lowest BCUT2D eigenvalue weighted by molar-refractivity contribution is 0.0969. The number of primary amides is 1. The maximum Gasteiger partial charge on any atom is 0.271 e. The molecule has 1 spiro atoms. The molecule has 1 aromatic carbocycles. The van der Waals surface area contributed by atoms with Gasteiger partial charge < -0.3 is 31.6 Å². The van der Waals surface area contributed by atoms with Crippen LogP contribution in [-0.4, -0.2) is 71.0 Å². The summed E-state index contributed by atoms with van der Waals surface area (Å²) < 4.78 is 12.3. The fourth-order valence-corrected chi connectivity index (χ4v) is 6.42. The van der Waals surface area contributed by atoms with Gasteiger partial charge >= 0.3 is 0 Å². The fourth-order valence-electron chi connectivity index (χ4n) is 5.24. The molecule has 2 saturated heterocycles. The van der Waals surface area contributed by atoms with Crippen LogP contribution in [0.15, 0.2) is 33.2 Å². The van der Waals surface area contributed by atoms with Crippen molar-refractivity contribution in [1.82, 2.24) is 19.5 Å². The monoisotopic (exact) mass is 574 g/mol. The van der Waals surface area contributed by atoms with E-state index >= 15 is 0 Å². The van der Waals surface area contributed by atoms with Gasteiger partial charge in [-0.3, -0.25) is 14.2 Å². The molecular weight excluding hydrogens is 544 g/mol. The average Bonchev–Trinajstić information content (AvgIpc) is 3.19. The minimum absolute atomic E-state index is 0.00965.